The van der Waals surface area contributed by atoms with E-state index in [9.17, 15) is 10.2 Å². The van der Waals surface area contributed by atoms with Crippen LogP contribution in [0, 0.1) is 6.10 Å². The normalized spacial score (nSPS) is 31.6. The molecule has 0 fully saturated rings. The van der Waals surface area contributed by atoms with Gasteiger partial charge in [-0.15, -0.1) is 0 Å². The Kier molecular flexibility index (Phi) is 3.47. The molecule has 0 saturated heterocycles. The minimum Gasteiger partial charge on any atom is -0.842 e. The molecule has 0 amide bonds. The first-order chi connectivity index (χ1) is 5.80. The Morgan fingerprint density at radius 2 is 1.46 bits per heavy atom. The Morgan fingerprint density at radius 3 is 1.92 bits per heavy atom. The van der Waals surface area contributed by atoms with E-state index in [1.54, 1.807) is 0 Å². The summed E-state index contributed by atoms with van der Waals surface area (Å²) >= 11 is 27.4. The van der Waals surface area contributed by atoms with Crippen LogP contribution >= 0.6 is 58.0 Å². The largest absolute Gasteiger partial charge is 0.842 e. The van der Waals surface area contributed by atoms with Crippen molar-refractivity contribution < 1.29 is 10.2 Å². The zero-order valence-electron chi connectivity index (χ0n) is 5.75. The maximum Gasteiger partial charge on any atom is 0.171 e. The molecule has 0 aromatic carbocycles. The number of allylic oxidation sites excluding steroid dienone is 2. The summed E-state index contributed by atoms with van der Waals surface area (Å²) in [6, 6.07) is 0. The van der Waals surface area contributed by atoms with Gasteiger partial charge >= 0.3 is 0 Å². The van der Waals surface area contributed by atoms with Crippen molar-refractivity contribution in [3.05, 3.63) is 26.2 Å². The summed E-state index contributed by atoms with van der Waals surface area (Å²) in [7, 11) is 0. The smallest absolute Gasteiger partial charge is 0.171 e. The van der Waals surface area contributed by atoms with Crippen LogP contribution in [0.5, 0.6) is 0 Å². The fraction of sp³-hybridized carbons (Fsp3) is 0.167. The van der Waals surface area contributed by atoms with Gasteiger partial charge in [-0.05, 0) is 6.10 Å². The van der Waals surface area contributed by atoms with Gasteiger partial charge in [-0.1, -0.05) is 58.0 Å². The molecule has 1 radical (unpaired) electrons. The number of hydrogen-bond acceptors (Lipinski definition) is 2. The van der Waals surface area contributed by atoms with Crippen LogP contribution < -0.4 is 5.11 Å². The molecule has 0 bridgehead atoms. The molecule has 0 aliphatic heterocycles. The topological polar surface area (TPSA) is 43.3 Å². The lowest BCUT2D eigenvalue weighted by Crippen LogP contribution is -2.41. The Bertz CT molecular complexity index is 306. The molecule has 1 N–H and O–H groups in total. The van der Waals surface area contributed by atoms with E-state index >= 15 is 0 Å². The molecular weight excluding hydrogens is 281 g/mol. The van der Waals surface area contributed by atoms with Gasteiger partial charge in [0.25, 0.3) is 0 Å². The second-order valence-electron chi connectivity index (χ2n) is 2.21. The van der Waals surface area contributed by atoms with Gasteiger partial charge in [-0.3, -0.25) is 0 Å². The van der Waals surface area contributed by atoms with Gasteiger partial charge in [-0.25, -0.2) is 0 Å². The summed E-state index contributed by atoms with van der Waals surface area (Å²) in [5, 5.41) is 16.8. The Balaban J connectivity index is 3.32. The summed E-state index contributed by atoms with van der Waals surface area (Å²) in [5.74, 6) is 0. The minimum atomic E-state index is -2.41. The Morgan fingerprint density at radius 1 is 1.00 bits per heavy atom. The summed E-state index contributed by atoms with van der Waals surface area (Å²) < 4.78 is 0. The van der Waals surface area contributed by atoms with E-state index in [0.29, 0.717) is 0 Å². The van der Waals surface area contributed by atoms with Crippen LogP contribution in [-0.4, -0.2) is 10.2 Å². The molecule has 1 aliphatic carbocycles. The molecule has 2 nitrogen and oxygen atoms in total. The maximum atomic E-state index is 11.2. The highest BCUT2D eigenvalue weighted by Gasteiger charge is 2.40. The van der Waals surface area contributed by atoms with Crippen molar-refractivity contribution >= 4 is 58.0 Å². The van der Waals surface area contributed by atoms with E-state index in [1.807, 2.05) is 0 Å². The van der Waals surface area contributed by atoms with Crippen molar-refractivity contribution in [2.75, 3.05) is 0 Å². The summed E-state index contributed by atoms with van der Waals surface area (Å²) in [5.41, 5.74) is 0. The van der Waals surface area contributed by atoms with E-state index < -0.39 is 21.2 Å². The highest BCUT2D eigenvalue weighted by atomic mass is 35.5. The highest BCUT2D eigenvalue weighted by molar-refractivity contribution is 6.54. The first kappa shape index (κ1) is 11.9. The Labute approximate surface area is 99.3 Å². The fourth-order valence-electron chi connectivity index (χ4n) is 0.683. The third-order valence-corrected chi connectivity index (χ3v) is 3.70. The van der Waals surface area contributed by atoms with Crippen LogP contribution in [0.3, 0.4) is 0 Å². The van der Waals surface area contributed by atoms with Crippen molar-refractivity contribution in [1.82, 2.24) is 0 Å². The first-order valence-corrected chi connectivity index (χ1v) is 4.76. The quantitative estimate of drug-likeness (QED) is 0.692. The molecule has 1 unspecified atom stereocenters. The van der Waals surface area contributed by atoms with Gasteiger partial charge in [0, 0.05) is 5.03 Å². The molecule has 0 aromatic rings. The first-order valence-electron chi connectivity index (χ1n) is 2.87. The summed E-state index contributed by atoms with van der Waals surface area (Å²) in [6.45, 7) is 0. The van der Waals surface area contributed by atoms with Gasteiger partial charge in [-0.2, -0.15) is 0 Å². The molecular formula is C6HCl5O2-. The standard InChI is InChI=1S/C6HCl5O2/c7-1-2(8)4(10)6(11,13)5(12)3(1)9/h13H/q-1. The average molecular weight is 282 g/mol. The second-order valence-corrected chi connectivity index (χ2v) is 4.27. The molecule has 1 atom stereocenters. The molecule has 0 saturated carbocycles. The van der Waals surface area contributed by atoms with Gasteiger partial charge in [0.15, 0.2) is 5.06 Å². The molecule has 1 aliphatic rings. The number of rotatable bonds is 0. The van der Waals surface area contributed by atoms with E-state index in [0.717, 1.165) is 0 Å². The van der Waals surface area contributed by atoms with Gasteiger partial charge < -0.3 is 10.2 Å². The summed E-state index contributed by atoms with van der Waals surface area (Å²) in [4.78, 5) is 0. The van der Waals surface area contributed by atoms with E-state index in [4.69, 9.17) is 58.0 Å². The molecule has 7 heteroatoms. The second kappa shape index (κ2) is 3.78. The maximum absolute atomic E-state index is 11.2. The lowest BCUT2D eigenvalue weighted by atomic mass is 10.1. The molecule has 0 aromatic heterocycles. The van der Waals surface area contributed by atoms with Crippen molar-refractivity contribution in [2.24, 2.45) is 0 Å². The molecule has 13 heavy (non-hydrogen) atoms. The van der Waals surface area contributed by atoms with Crippen molar-refractivity contribution in [2.45, 2.75) is 5.06 Å². The number of halogens is 5. The van der Waals surface area contributed by atoms with Crippen LogP contribution in [0.25, 0.3) is 0 Å². The highest BCUT2D eigenvalue weighted by Crippen LogP contribution is 2.48. The number of alkyl halides is 1. The third kappa shape index (κ3) is 1.82. The van der Waals surface area contributed by atoms with Crippen LogP contribution in [0.4, 0.5) is 0 Å². The van der Waals surface area contributed by atoms with Gasteiger partial charge in [0.2, 0.25) is 0 Å². The van der Waals surface area contributed by atoms with E-state index in [2.05, 4.69) is 0 Å². The molecule has 0 heterocycles. The van der Waals surface area contributed by atoms with Crippen molar-refractivity contribution in [3.8, 4) is 0 Å². The third-order valence-electron chi connectivity index (χ3n) is 1.37. The fourth-order valence-corrected chi connectivity index (χ4v) is 1.89. The number of aliphatic hydroxyl groups is 1. The molecule has 1 rings (SSSR count). The van der Waals surface area contributed by atoms with Gasteiger partial charge in [0.05, 0.1) is 15.1 Å². The average Bonchev–Trinajstić information content (AvgIpc) is 2.09. The zero-order valence-corrected chi connectivity index (χ0v) is 9.52. The number of hydrogen-bond donors (Lipinski definition) is 1. The SMILES string of the molecule is [O-][C]1C(Cl)=C(Cl)C(Cl)=C(Cl)C1(O)Cl. The monoisotopic (exact) mass is 280 g/mol. The summed E-state index contributed by atoms with van der Waals surface area (Å²) in [6.07, 6.45) is -0.991. The predicted molar refractivity (Wildman–Crippen MR) is 51.5 cm³/mol. The lowest BCUT2D eigenvalue weighted by Gasteiger charge is -2.38. The minimum absolute atomic E-state index is 0.219. The van der Waals surface area contributed by atoms with E-state index in [1.165, 1.54) is 0 Å². The molecule has 0 spiro atoms. The van der Waals surface area contributed by atoms with Crippen LogP contribution in [0.1, 0.15) is 0 Å². The lowest BCUT2D eigenvalue weighted by molar-refractivity contribution is -0.361. The van der Waals surface area contributed by atoms with Crippen LogP contribution in [0.15, 0.2) is 20.1 Å². The van der Waals surface area contributed by atoms with Crippen molar-refractivity contribution in [1.29, 1.82) is 0 Å². The van der Waals surface area contributed by atoms with Crippen molar-refractivity contribution in [3.63, 3.8) is 0 Å². The Hall–Kier alpha value is 0.850. The van der Waals surface area contributed by atoms with Gasteiger partial charge in [0.1, 0.15) is 0 Å². The van der Waals surface area contributed by atoms with Crippen LogP contribution in [-0.2, 0) is 0 Å². The molecule has 73 valence electrons. The van der Waals surface area contributed by atoms with E-state index in [-0.39, 0.29) is 10.1 Å². The zero-order chi connectivity index (χ0) is 10.4. The predicted octanol–water partition coefficient (Wildman–Crippen LogP) is 2.20. The van der Waals surface area contributed by atoms with Crippen LogP contribution in [0.2, 0.25) is 0 Å².